The lowest BCUT2D eigenvalue weighted by atomic mass is 10.1. The Balaban J connectivity index is 2.67. The van der Waals surface area contributed by atoms with Crippen LogP contribution >= 0.6 is 43.5 Å². The van der Waals surface area contributed by atoms with Gasteiger partial charge in [-0.3, -0.25) is 0 Å². The summed E-state index contributed by atoms with van der Waals surface area (Å²) in [5.41, 5.74) is 1.70. The zero-order valence-corrected chi connectivity index (χ0v) is 13.3. The van der Waals surface area contributed by atoms with Gasteiger partial charge in [0.2, 0.25) is 0 Å². The Kier molecular flexibility index (Phi) is 5.96. The van der Waals surface area contributed by atoms with Gasteiger partial charge in [0.25, 0.3) is 0 Å². The molecule has 1 aromatic carbocycles. The van der Waals surface area contributed by atoms with Gasteiger partial charge in [0.1, 0.15) is 6.61 Å². The zero-order valence-electron chi connectivity index (χ0n) is 9.32. The second-order valence-corrected chi connectivity index (χ2v) is 5.96. The molecule has 1 nitrogen and oxygen atoms in total. The fourth-order valence-electron chi connectivity index (χ4n) is 1.27. The molecule has 0 aliphatic heterocycles. The quantitative estimate of drug-likeness (QED) is 0.606. The summed E-state index contributed by atoms with van der Waals surface area (Å²) in [6.07, 6.45) is -4.33. The Morgan fingerprint density at radius 2 is 1.89 bits per heavy atom. The van der Waals surface area contributed by atoms with Crippen molar-refractivity contribution >= 4 is 43.5 Å². The maximum atomic E-state index is 11.9. The fraction of sp³-hybridized carbons (Fsp3) is 0.455. The summed E-state index contributed by atoms with van der Waals surface area (Å²) < 4.78 is 41.9. The maximum absolute atomic E-state index is 11.9. The molecule has 0 bridgehead atoms. The summed E-state index contributed by atoms with van der Waals surface area (Å²) in [4.78, 5) is 0. The van der Waals surface area contributed by atoms with Gasteiger partial charge in [0, 0.05) is 8.95 Å². The first kappa shape index (κ1) is 16.3. The van der Waals surface area contributed by atoms with Gasteiger partial charge in [-0.05, 0) is 30.2 Å². The second-order valence-electron chi connectivity index (χ2n) is 3.72. The molecule has 0 radical (unpaired) electrons. The number of hydrogen-bond acceptors (Lipinski definition) is 1. The van der Waals surface area contributed by atoms with Crippen molar-refractivity contribution in [1.82, 2.24) is 0 Å². The van der Waals surface area contributed by atoms with Gasteiger partial charge in [0.15, 0.2) is 0 Å². The van der Waals surface area contributed by atoms with Gasteiger partial charge in [-0.25, -0.2) is 0 Å². The highest BCUT2D eigenvalue weighted by Gasteiger charge is 2.28. The molecule has 0 aromatic heterocycles. The predicted molar refractivity (Wildman–Crippen MR) is 72.0 cm³/mol. The lowest BCUT2D eigenvalue weighted by Crippen LogP contribution is -2.18. The van der Waals surface area contributed by atoms with Crippen molar-refractivity contribution in [2.75, 3.05) is 13.2 Å². The number of alkyl halides is 4. The van der Waals surface area contributed by atoms with Crippen molar-refractivity contribution in [3.63, 3.8) is 0 Å². The van der Waals surface area contributed by atoms with E-state index in [-0.39, 0.29) is 6.61 Å². The fourth-order valence-corrected chi connectivity index (χ4v) is 2.77. The van der Waals surface area contributed by atoms with Gasteiger partial charge in [-0.2, -0.15) is 13.2 Å². The van der Waals surface area contributed by atoms with E-state index in [1.807, 2.05) is 13.0 Å². The minimum atomic E-state index is -4.33. The van der Waals surface area contributed by atoms with Crippen LogP contribution in [0, 0.1) is 6.92 Å². The standard InChI is InChI=1S/C11H10Br2ClF3O/c1-6-2-9(13)7(3-8(6)12)10(14)4-18-5-11(15,16)17/h2-3,10H,4-5H2,1H3. The summed E-state index contributed by atoms with van der Waals surface area (Å²) in [6, 6.07) is 3.62. The highest BCUT2D eigenvalue weighted by Crippen LogP contribution is 2.33. The third-order valence-electron chi connectivity index (χ3n) is 2.15. The highest BCUT2D eigenvalue weighted by atomic mass is 79.9. The molecule has 0 heterocycles. The Morgan fingerprint density at radius 3 is 2.44 bits per heavy atom. The minimum absolute atomic E-state index is 0.199. The summed E-state index contributed by atoms with van der Waals surface area (Å²) in [5, 5.41) is -0.640. The van der Waals surface area contributed by atoms with E-state index in [2.05, 4.69) is 36.6 Å². The average molecular weight is 410 g/mol. The summed E-state index contributed by atoms with van der Waals surface area (Å²) >= 11 is 12.7. The smallest absolute Gasteiger partial charge is 0.370 e. The molecule has 0 aliphatic carbocycles. The highest BCUT2D eigenvalue weighted by molar-refractivity contribution is 9.11. The third kappa shape index (κ3) is 5.07. The molecular weight excluding hydrogens is 400 g/mol. The van der Waals surface area contributed by atoms with Crippen LogP contribution in [-0.2, 0) is 4.74 Å². The molecule has 0 saturated carbocycles. The third-order valence-corrected chi connectivity index (χ3v) is 4.05. The van der Waals surface area contributed by atoms with E-state index in [4.69, 9.17) is 11.6 Å². The van der Waals surface area contributed by atoms with E-state index in [9.17, 15) is 13.2 Å². The Hall–Kier alpha value is 0.220. The molecule has 0 spiro atoms. The Morgan fingerprint density at radius 1 is 1.28 bits per heavy atom. The van der Waals surface area contributed by atoms with Gasteiger partial charge >= 0.3 is 6.18 Å². The molecule has 1 atom stereocenters. The SMILES string of the molecule is Cc1cc(Br)c(C(Cl)COCC(F)(F)F)cc1Br. The molecule has 0 N–H and O–H groups in total. The molecule has 1 rings (SSSR count). The first-order valence-corrected chi connectivity index (χ1v) is 6.97. The zero-order chi connectivity index (χ0) is 13.9. The van der Waals surface area contributed by atoms with E-state index in [0.717, 1.165) is 14.5 Å². The number of hydrogen-bond donors (Lipinski definition) is 0. The van der Waals surface area contributed by atoms with Crippen molar-refractivity contribution in [2.45, 2.75) is 18.5 Å². The first-order valence-electron chi connectivity index (χ1n) is 4.95. The van der Waals surface area contributed by atoms with E-state index < -0.39 is 18.2 Å². The molecule has 7 heteroatoms. The van der Waals surface area contributed by atoms with Crippen LogP contribution in [0.15, 0.2) is 21.1 Å². The number of benzene rings is 1. The van der Waals surface area contributed by atoms with Crippen molar-refractivity contribution in [3.05, 3.63) is 32.2 Å². The summed E-state index contributed by atoms with van der Waals surface area (Å²) in [7, 11) is 0. The van der Waals surface area contributed by atoms with Crippen LogP contribution in [0.3, 0.4) is 0 Å². The van der Waals surface area contributed by atoms with Crippen molar-refractivity contribution in [2.24, 2.45) is 0 Å². The van der Waals surface area contributed by atoms with Crippen LogP contribution in [0.2, 0.25) is 0 Å². The second kappa shape index (κ2) is 6.59. The predicted octanol–water partition coefficient (Wildman–Crippen LogP) is 5.38. The van der Waals surface area contributed by atoms with E-state index in [0.29, 0.717) is 5.56 Å². The maximum Gasteiger partial charge on any atom is 0.411 e. The van der Waals surface area contributed by atoms with E-state index >= 15 is 0 Å². The first-order chi connectivity index (χ1) is 8.20. The van der Waals surface area contributed by atoms with Crippen LogP contribution in [0.5, 0.6) is 0 Å². The number of halogens is 6. The number of rotatable bonds is 4. The molecule has 1 unspecified atom stereocenters. The molecule has 0 saturated heterocycles. The van der Waals surface area contributed by atoms with Gasteiger partial charge in [-0.1, -0.05) is 31.9 Å². The van der Waals surface area contributed by atoms with Crippen LogP contribution in [0.4, 0.5) is 13.2 Å². The van der Waals surface area contributed by atoms with Crippen LogP contribution in [0.1, 0.15) is 16.5 Å². The lowest BCUT2D eigenvalue weighted by Gasteiger charge is -2.15. The van der Waals surface area contributed by atoms with E-state index in [1.54, 1.807) is 6.07 Å². The van der Waals surface area contributed by atoms with Crippen molar-refractivity contribution in [3.8, 4) is 0 Å². The lowest BCUT2D eigenvalue weighted by molar-refractivity contribution is -0.173. The van der Waals surface area contributed by atoms with Gasteiger partial charge in [0.05, 0.1) is 12.0 Å². The Bertz CT molecular complexity index is 423. The van der Waals surface area contributed by atoms with E-state index in [1.165, 1.54) is 0 Å². The van der Waals surface area contributed by atoms with Gasteiger partial charge < -0.3 is 4.74 Å². The molecular formula is C11H10Br2ClF3O. The summed E-state index contributed by atoms with van der Waals surface area (Å²) in [6.45, 7) is 0.415. The summed E-state index contributed by atoms with van der Waals surface area (Å²) in [5.74, 6) is 0. The topological polar surface area (TPSA) is 9.23 Å². The normalized spacial score (nSPS) is 13.7. The van der Waals surface area contributed by atoms with Crippen LogP contribution in [0.25, 0.3) is 0 Å². The van der Waals surface area contributed by atoms with Crippen molar-refractivity contribution in [1.29, 1.82) is 0 Å². The van der Waals surface area contributed by atoms with Gasteiger partial charge in [-0.15, -0.1) is 11.6 Å². The van der Waals surface area contributed by atoms with Crippen LogP contribution in [-0.4, -0.2) is 19.4 Å². The van der Waals surface area contributed by atoms with Crippen LogP contribution < -0.4 is 0 Å². The average Bonchev–Trinajstić information content (AvgIpc) is 2.21. The monoisotopic (exact) mass is 408 g/mol. The molecule has 0 aliphatic rings. The Labute approximate surface area is 125 Å². The molecule has 18 heavy (non-hydrogen) atoms. The minimum Gasteiger partial charge on any atom is -0.370 e. The largest absolute Gasteiger partial charge is 0.411 e. The molecule has 1 aromatic rings. The molecule has 102 valence electrons. The van der Waals surface area contributed by atoms with Crippen molar-refractivity contribution < 1.29 is 17.9 Å². The number of aryl methyl sites for hydroxylation is 1. The molecule has 0 fully saturated rings. The number of ether oxygens (including phenoxy) is 1. The molecule has 0 amide bonds.